The number of hydrogen-bond donors (Lipinski definition) is 1. The maximum atomic E-state index is 12.5. The summed E-state index contributed by atoms with van der Waals surface area (Å²) in [6, 6.07) is 14.2. The van der Waals surface area contributed by atoms with Crippen LogP contribution in [0.1, 0.15) is 36.0 Å². The van der Waals surface area contributed by atoms with Crippen molar-refractivity contribution < 1.29 is 19.1 Å². The molecular formula is C23H25N3O4. The number of anilines is 2. The third-order valence-electron chi connectivity index (χ3n) is 5.72. The highest BCUT2D eigenvalue weighted by Gasteiger charge is 2.24. The summed E-state index contributed by atoms with van der Waals surface area (Å²) in [6.07, 6.45) is 3.18. The zero-order chi connectivity index (χ0) is 21.1. The quantitative estimate of drug-likeness (QED) is 0.608. The number of benzene rings is 2. The minimum absolute atomic E-state index is 0.121. The van der Waals surface area contributed by atoms with Gasteiger partial charge in [-0.25, -0.2) is 4.79 Å². The lowest BCUT2D eigenvalue weighted by atomic mass is 9.97. The van der Waals surface area contributed by atoms with Crippen molar-refractivity contribution >= 4 is 29.2 Å². The summed E-state index contributed by atoms with van der Waals surface area (Å²) in [7, 11) is 0. The second kappa shape index (κ2) is 8.57. The molecule has 30 heavy (non-hydrogen) atoms. The number of nitrogens with zero attached hydrogens (tertiary/aromatic N) is 2. The van der Waals surface area contributed by atoms with Crippen LogP contribution < -0.4 is 20.3 Å². The van der Waals surface area contributed by atoms with Crippen LogP contribution in [0.3, 0.4) is 0 Å². The van der Waals surface area contributed by atoms with Gasteiger partial charge >= 0.3 is 5.97 Å². The van der Waals surface area contributed by atoms with E-state index in [1.165, 1.54) is 0 Å². The van der Waals surface area contributed by atoms with Crippen molar-refractivity contribution in [3.05, 3.63) is 54.1 Å². The van der Waals surface area contributed by atoms with E-state index < -0.39 is 5.97 Å². The standard InChI is InChI=1S/C23H25N3O4/c24-22(28)17-3-1-13-25(15-17)18-7-5-16(6-8-18)23(29)30-20-11-9-19(10-12-20)26-14-2-4-21(26)27/h5-12,17H,1-4,13-15H2,(H2,24,28). The van der Waals surface area contributed by atoms with E-state index in [-0.39, 0.29) is 17.7 Å². The van der Waals surface area contributed by atoms with Gasteiger partial charge in [0.15, 0.2) is 0 Å². The monoisotopic (exact) mass is 407 g/mol. The summed E-state index contributed by atoms with van der Waals surface area (Å²) in [5.41, 5.74) is 7.67. The van der Waals surface area contributed by atoms with Crippen molar-refractivity contribution in [2.24, 2.45) is 11.7 Å². The fourth-order valence-corrected chi connectivity index (χ4v) is 4.03. The van der Waals surface area contributed by atoms with Gasteiger partial charge in [-0.15, -0.1) is 0 Å². The van der Waals surface area contributed by atoms with Crippen LogP contribution in [0.2, 0.25) is 0 Å². The van der Waals surface area contributed by atoms with Crippen LogP contribution in [0.5, 0.6) is 5.75 Å². The van der Waals surface area contributed by atoms with E-state index in [2.05, 4.69) is 4.90 Å². The molecule has 2 saturated heterocycles. The van der Waals surface area contributed by atoms with Crippen molar-refractivity contribution in [1.29, 1.82) is 0 Å². The van der Waals surface area contributed by atoms with Crippen molar-refractivity contribution in [3.63, 3.8) is 0 Å². The maximum Gasteiger partial charge on any atom is 0.343 e. The van der Waals surface area contributed by atoms with Gasteiger partial charge in [0.2, 0.25) is 11.8 Å². The summed E-state index contributed by atoms with van der Waals surface area (Å²) in [5, 5.41) is 0. The Morgan fingerprint density at radius 1 is 0.933 bits per heavy atom. The zero-order valence-corrected chi connectivity index (χ0v) is 16.8. The molecule has 7 heteroatoms. The number of amides is 2. The van der Waals surface area contributed by atoms with Gasteiger partial charge in [0.25, 0.3) is 0 Å². The van der Waals surface area contributed by atoms with E-state index in [1.54, 1.807) is 41.3 Å². The molecule has 2 heterocycles. The number of nitrogens with two attached hydrogens (primary N) is 1. The Hall–Kier alpha value is -3.35. The van der Waals surface area contributed by atoms with Crippen LogP contribution in [0.15, 0.2) is 48.5 Å². The molecule has 156 valence electrons. The van der Waals surface area contributed by atoms with Crippen LogP contribution in [0.4, 0.5) is 11.4 Å². The normalized spacial score (nSPS) is 19.1. The molecule has 2 aromatic carbocycles. The van der Waals surface area contributed by atoms with E-state index >= 15 is 0 Å². The fraction of sp³-hybridized carbons (Fsp3) is 0.348. The summed E-state index contributed by atoms with van der Waals surface area (Å²) in [6.45, 7) is 2.19. The Morgan fingerprint density at radius 3 is 2.27 bits per heavy atom. The molecule has 0 aromatic heterocycles. The number of primary amides is 1. The van der Waals surface area contributed by atoms with Gasteiger partial charge in [-0.05, 0) is 67.8 Å². The Kier molecular flexibility index (Phi) is 5.70. The number of esters is 1. The van der Waals surface area contributed by atoms with Gasteiger partial charge < -0.3 is 20.3 Å². The Labute approximate surface area is 175 Å². The Bertz CT molecular complexity index is 940. The minimum atomic E-state index is -0.444. The van der Waals surface area contributed by atoms with E-state index in [4.69, 9.17) is 10.5 Å². The molecule has 0 spiro atoms. The molecule has 2 aromatic rings. The number of carbonyl (C=O) groups is 3. The number of rotatable bonds is 5. The van der Waals surface area contributed by atoms with Crippen LogP contribution in [0, 0.1) is 5.92 Å². The van der Waals surface area contributed by atoms with Crippen LogP contribution in [-0.2, 0) is 9.59 Å². The molecule has 2 fully saturated rings. The average Bonchev–Trinajstić information content (AvgIpc) is 3.20. The van der Waals surface area contributed by atoms with E-state index in [0.717, 1.165) is 43.7 Å². The largest absolute Gasteiger partial charge is 0.423 e. The van der Waals surface area contributed by atoms with Crippen LogP contribution in [0.25, 0.3) is 0 Å². The highest BCUT2D eigenvalue weighted by Crippen LogP contribution is 2.26. The van der Waals surface area contributed by atoms with E-state index in [9.17, 15) is 14.4 Å². The second-order valence-electron chi connectivity index (χ2n) is 7.77. The first kappa shape index (κ1) is 19.9. The van der Waals surface area contributed by atoms with Gasteiger partial charge in [-0.1, -0.05) is 0 Å². The molecule has 0 aliphatic carbocycles. The highest BCUT2D eigenvalue weighted by molar-refractivity contribution is 5.95. The zero-order valence-electron chi connectivity index (χ0n) is 16.8. The molecule has 0 saturated carbocycles. The number of hydrogen-bond acceptors (Lipinski definition) is 5. The van der Waals surface area contributed by atoms with E-state index in [0.29, 0.717) is 24.3 Å². The predicted octanol–water partition coefficient (Wildman–Crippen LogP) is 2.73. The molecule has 0 bridgehead atoms. The van der Waals surface area contributed by atoms with Gasteiger partial charge in [0, 0.05) is 37.4 Å². The average molecular weight is 407 g/mol. The molecule has 4 rings (SSSR count). The van der Waals surface area contributed by atoms with Gasteiger partial charge in [-0.3, -0.25) is 9.59 Å². The molecule has 1 atom stereocenters. The van der Waals surface area contributed by atoms with Crippen molar-refractivity contribution in [1.82, 2.24) is 0 Å². The Morgan fingerprint density at radius 2 is 1.63 bits per heavy atom. The van der Waals surface area contributed by atoms with Gasteiger partial charge in [0.05, 0.1) is 11.5 Å². The first-order valence-electron chi connectivity index (χ1n) is 10.3. The molecule has 2 aliphatic heterocycles. The summed E-state index contributed by atoms with van der Waals surface area (Å²) in [4.78, 5) is 39.6. The number of ether oxygens (including phenoxy) is 1. The van der Waals surface area contributed by atoms with Crippen molar-refractivity contribution in [2.75, 3.05) is 29.4 Å². The number of carbonyl (C=O) groups excluding carboxylic acids is 3. The fourth-order valence-electron chi connectivity index (χ4n) is 4.03. The molecule has 2 aliphatic rings. The minimum Gasteiger partial charge on any atom is -0.423 e. The van der Waals surface area contributed by atoms with Gasteiger partial charge in [-0.2, -0.15) is 0 Å². The highest BCUT2D eigenvalue weighted by atomic mass is 16.5. The SMILES string of the molecule is NC(=O)C1CCCN(c2ccc(C(=O)Oc3ccc(N4CCCC4=O)cc3)cc2)C1. The topological polar surface area (TPSA) is 92.9 Å². The molecule has 2 amide bonds. The molecule has 7 nitrogen and oxygen atoms in total. The lowest BCUT2D eigenvalue weighted by molar-refractivity contribution is -0.122. The summed E-state index contributed by atoms with van der Waals surface area (Å²) >= 11 is 0. The first-order valence-corrected chi connectivity index (χ1v) is 10.3. The predicted molar refractivity (Wildman–Crippen MR) is 114 cm³/mol. The Balaban J connectivity index is 1.38. The smallest absolute Gasteiger partial charge is 0.343 e. The van der Waals surface area contributed by atoms with E-state index in [1.807, 2.05) is 12.1 Å². The third-order valence-corrected chi connectivity index (χ3v) is 5.72. The second-order valence-corrected chi connectivity index (χ2v) is 7.77. The maximum absolute atomic E-state index is 12.5. The molecule has 1 unspecified atom stereocenters. The summed E-state index contributed by atoms with van der Waals surface area (Å²) < 4.78 is 5.46. The first-order chi connectivity index (χ1) is 14.5. The van der Waals surface area contributed by atoms with Crippen LogP contribution in [-0.4, -0.2) is 37.4 Å². The lowest BCUT2D eigenvalue weighted by Gasteiger charge is -2.33. The van der Waals surface area contributed by atoms with Crippen molar-refractivity contribution in [3.8, 4) is 5.75 Å². The lowest BCUT2D eigenvalue weighted by Crippen LogP contribution is -2.41. The van der Waals surface area contributed by atoms with Crippen molar-refractivity contribution in [2.45, 2.75) is 25.7 Å². The third kappa shape index (κ3) is 4.30. The molecule has 2 N–H and O–H groups in total. The summed E-state index contributed by atoms with van der Waals surface area (Å²) in [5.74, 6) is -0.294. The molecular weight excluding hydrogens is 382 g/mol. The molecule has 0 radical (unpaired) electrons. The number of piperidine rings is 1. The van der Waals surface area contributed by atoms with Gasteiger partial charge in [0.1, 0.15) is 5.75 Å². The van der Waals surface area contributed by atoms with Crippen LogP contribution >= 0.6 is 0 Å².